The van der Waals surface area contributed by atoms with E-state index < -0.39 is 0 Å². The van der Waals surface area contributed by atoms with Crippen LogP contribution in [0.25, 0.3) is 0 Å². The monoisotopic (exact) mass is 285 g/mol. The van der Waals surface area contributed by atoms with Crippen LogP contribution in [0.5, 0.6) is 0 Å². The van der Waals surface area contributed by atoms with Crippen molar-refractivity contribution in [1.82, 2.24) is 15.5 Å². The second-order valence-electron chi connectivity index (χ2n) is 5.75. The van der Waals surface area contributed by atoms with E-state index in [1.54, 1.807) is 0 Å². The standard InChI is InChI=1S/C14H27N3OS/c1-6-8-11(15-7-2)9-13-16-12(17-18-13)10-19-14(3,4)5/h11,15H,6-10H2,1-5H3. The van der Waals surface area contributed by atoms with Gasteiger partial charge in [-0.25, -0.2) is 0 Å². The second-order valence-corrected chi connectivity index (χ2v) is 7.55. The van der Waals surface area contributed by atoms with Gasteiger partial charge < -0.3 is 9.84 Å². The highest BCUT2D eigenvalue weighted by Crippen LogP contribution is 2.26. The number of aromatic nitrogens is 2. The molecule has 1 aromatic heterocycles. The van der Waals surface area contributed by atoms with Crippen LogP contribution in [0.1, 0.15) is 59.2 Å². The zero-order valence-corrected chi connectivity index (χ0v) is 13.6. The molecular formula is C14H27N3OS. The summed E-state index contributed by atoms with van der Waals surface area (Å²) < 4.78 is 5.57. The maximum Gasteiger partial charge on any atom is 0.228 e. The molecule has 4 nitrogen and oxygen atoms in total. The molecule has 1 unspecified atom stereocenters. The molecule has 0 fully saturated rings. The van der Waals surface area contributed by atoms with Gasteiger partial charge in [-0.05, 0) is 13.0 Å². The first-order chi connectivity index (χ1) is 8.94. The molecule has 1 atom stereocenters. The predicted molar refractivity (Wildman–Crippen MR) is 81.4 cm³/mol. The fraction of sp³-hybridized carbons (Fsp3) is 0.857. The van der Waals surface area contributed by atoms with E-state index in [4.69, 9.17) is 4.52 Å². The Morgan fingerprint density at radius 3 is 2.63 bits per heavy atom. The topological polar surface area (TPSA) is 51.0 Å². The van der Waals surface area contributed by atoms with Crippen molar-refractivity contribution in [2.24, 2.45) is 0 Å². The molecule has 0 spiro atoms. The SMILES string of the molecule is CCCC(Cc1nc(CSC(C)(C)C)no1)NCC. The van der Waals surface area contributed by atoms with Gasteiger partial charge in [0.15, 0.2) is 5.82 Å². The van der Waals surface area contributed by atoms with E-state index >= 15 is 0 Å². The summed E-state index contributed by atoms with van der Waals surface area (Å²) in [6, 6.07) is 0.443. The van der Waals surface area contributed by atoms with Crippen molar-refractivity contribution in [3.05, 3.63) is 11.7 Å². The number of hydrogen-bond donors (Lipinski definition) is 1. The van der Waals surface area contributed by atoms with Crippen molar-refractivity contribution in [1.29, 1.82) is 0 Å². The van der Waals surface area contributed by atoms with Gasteiger partial charge in [-0.15, -0.1) is 11.8 Å². The van der Waals surface area contributed by atoms with E-state index in [1.807, 2.05) is 11.8 Å². The largest absolute Gasteiger partial charge is 0.339 e. The van der Waals surface area contributed by atoms with Gasteiger partial charge in [-0.1, -0.05) is 46.2 Å². The highest BCUT2D eigenvalue weighted by molar-refractivity contribution is 7.99. The molecule has 0 aromatic carbocycles. The summed E-state index contributed by atoms with van der Waals surface area (Å²) >= 11 is 1.84. The third-order valence-corrected chi connectivity index (χ3v) is 3.96. The first-order valence-corrected chi connectivity index (χ1v) is 8.12. The fourth-order valence-electron chi connectivity index (χ4n) is 1.84. The van der Waals surface area contributed by atoms with Crippen molar-refractivity contribution in [3.8, 4) is 0 Å². The summed E-state index contributed by atoms with van der Waals surface area (Å²) in [5.41, 5.74) is 0. The summed E-state index contributed by atoms with van der Waals surface area (Å²) in [4.78, 5) is 4.48. The predicted octanol–water partition coefficient (Wildman–Crippen LogP) is 3.42. The molecular weight excluding hydrogens is 258 g/mol. The number of thioether (sulfide) groups is 1. The molecule has 1 rings (SSSR count). The Bertz CT molecular complexity index is 354. The Labute approximate surface area is 121 Å². The fourth-order valence-corrected chi connectivity index (χ4v) is 2.52. The van der Waals surface area contributed by atoms with E-state index in [-0.39, 0.29) is 4.75 Å². The molecule has 1 aromatic rings. The minimum Gasteiger partial charge on any atom is -0.339 e. The Morgan fingerprint density at radius 1 is 1.32 bits per heavy atom. The van der Waals surface area contributed by atoms with E-state index in [2.05, 4.69) is 50.1 Å². The first-order valence-electron chi connectivity index (χ1n) is 7.13. The summed E-state index contributed by atoms with van der Waals surface area (Å²) in [6.45, 7) is 11.9. The Hall–Kier alpha value is -0.550. The average molecular weight is 285 g/mol. The van der Waals surface area contributed by atoms with Gasteiger partial charge in [-0.3, -0.25) is 0 Å². The Balaban J connectivity index is 2.48. The molecule has 0 amide bonds. The van der Waals surface area contributed by atoms with E-state index in [0.717, 1.165) is 36.9 Å². The van der Waals surface area contributed by atoms with Crippen molar-refractivity contribution >= 4 is 11.8 Å². The van der Waals surface area contributed by atoms with Gasteiger partial charge >= 0.3 is 0 Å². The van der Waals surface area contributed by atoms with Crippen LogP contribution in [0, 0.1) is 0 Å². The summed E-state index contributed by atoms with van der Waals surface area (Å²) in [5.74, 6) is 2.37. The second kappa shape index (κ2) is 7.90. The lowest BCUT2D eigenvalue weighted by Gasteiger charge is -2.15. The molecule has 0 saturated carbocycles. The lowest BCUT2D eigenvalue weighted by Crippen LogP contribution is -2.30. The van der Waals surface area contributed by atoms with Crippen LogP contribution < -0.4 is 5.32 Å². The summed E-state index contributed by atoms with van der Waals surface area (Å²) in [6.07, 6.45) is 3.13. The van der Waals surface area contributed by atoms with E-state index in [0.29, 0.717) is 6.04 Å². The lowest BCUT2D eigenvalue weighted by molar-refractivity contribution is 0.349. The molecule has 5 heteroatoms. The number of rotatable bonds is 8. The lowest BCUT2D eigenvalue weighted by atomic mass is 10.1. The molecule has 19 heavy (non-hydrogen) atoms. The van der Waals surface area contributed by atoms with Crippen molar-refractivity contribution < 1.29 is 4.52 Å². The van der Waals surface area contributed by atoms with Gasteiger partial charge in [0.25, 0.3) is 0 Å². The van der Waals surface area contributed by atoms with Gasteiger partial charge in [0, 0.05) is 17.2 Å². The number of hydrogen-bond acceptors (Lipinski definition) is 5. The smallest absolute Gasteiger partial charge is 0.228 e. The maximum absolute atomic E-state index is 5.34. The highest BCUT2D eigenvalue weighted by atomic mass is 32.2. The maximum atomic E-state index is 5.34. The third kappa shape index (κ3) is 6.97. The number of nitrogens with one attached hydrogen (secondary N) is 1. The molecule has 0 radical (unpaired) electrons. The van der Waals surface area contributed by atoms with Gasteiger partial charge in [-0.2, -0.15) is 4.98 Å². The number of likely N-dealkylation sites (N-methyl/N-ethyl adjacent to an activating group) is 1. The molecule has 0 aliphatic carbocycles. The Kier molecular flexibility index (Phi) is 6.86. The zero-order chi connectivity index (χ0) is 14.3. The minimum absolute atomic E-state index is 0.231. The molecule has 1 N–H and O–H groups in total. The van der Waals surface area contributed by atoms with Crippen molar-refractivity contribution in [2.75, 3.05) is 6.54 Å². The highest BCUT2D eigenvalue weighted by Gasteiger charge is 2.16. The number of nitrogens with zero attached hydrogens (tertiary/aromatic N) is 2. The molecule has 110 valence electrons. The summed E-state index contributed by atoms with van der Waals surface area (Å²) in [5, 5.41) is 7.52. The zero-order valence-electron chi connectivity index (χ0n) is 12.8. The van der Waals surface area contributed by atoms with Crippen LogP contribution in [0.3, 0.4) is 0 Å². The van der Waals surface area contributed by atoms with Gasteiger partial charge in [0.05, 0.1) is 5.75 Å². The minimum atomic E-state index is 0.231. The van der Waals surface area contributed by atoms with Crippen LogP contribution in [-0.2, 0) is 12.2 Å². The Morgan fingerprint density at radius 2 is 2.05 bits per heavy atom. The third-order valence-electron chi connectivity index (χ3n) is 2.70. The van der Waals surface area contributed by atoms with Crippen molar-refractivity contribution in [2.45, 2.75) is 70.4 Å². The van der Waals surface area contributed by atoms with Crippen LogP contribution in [0.4, 0.5) is 0 Å². The van der Waals surface area contributed by atoms with Crippen LogP contribution in [0.2, 0.25) is 0 Å². The van der Waals surface area contributed by atoms with Crippen LogP contribution in [0.15, 0.2) is 4.52 Å². The van der Waals surface area contributed by atoms with Crippen molar-refractivity contribution in [3.63, 3.8) is 0 Å². The van der Waals surface area contributed by atoms with E-state index in [9.17, 15) is 0 Å². The molecule has 0 aliphatic rings. The van der Waals surface area contributed by atoms with Gasteiger partial charge in [0.1, 0.15) is 0 Å². The summed E-state index contributed by atoms with van der Waals surface area (Å²) in [7, 11) is 0. The van der Waals surface area contributed by atoms with Crippen LogP contribution in [-0.4, -0.2) is 27.5 Å². The quantitative estimate of drug-likeness (QED) is 0.793. The first kappa shape index (κ1) is 16.5. The van der Waals surface area contributed by atoms with Gasteiger partial charge in [0.2, 0.25) is 5.89 Å². The molecule has 0 aliphatic heterocycles. The normalized spacial score (nSPS) is 13.7. The van der Waals surface area contributed by atoms with Crippen LogP contribution >= 0.6 is 11.8 Å². The average Bonchev–Trinajstić information content (AvgIpc) is 2.74. The van der Waals surface area contributed by atoms with E-state index in [1.165, 1.54) is 6.42 Å². The molecule has 0 saturated heterocycles. The molecule has 0 bridgehead atoms. The molecule has 1 heterocycles.